The van der Waals surface area contributed by atoms with Gasteiger partial charge in [-0.15, -0.1) is 0 Å². The molecular weight excluding hydrogens is 255 g/mol. The monoisotopic (exact) mass is 270 g/mol. The molecule has 0 spiro atoms. The minimum absolute atomic E-state index is 0.133. The van der Waals surface area contributed by atoms with Gasteiger partial charge in [-0.05, 0) is 36.2 Å². The van der Waals surface area contributed by atoms with E-state index in [9.17, 15) is 4.39 Å². The minimum Gasteiger partial charge on any atom is -0.251 e. The van der Waals surface area contributed by atoms with E-state index >= 15 is 0 Å². The van der Waals surface area contributed by atoms with E-state index in [0.717, 1.165) is 24.1 Å². The summed E-state index contributed by atoms with van der Waals surface area (Å²) in [6, 6.07) is 10.4. The molecule has 1 saturated carbocycles. The lowest BCUT2D eigenvalue weighted by atomic mass is 9.58. The summed E-state index contributed by atoms with van der Waals surface area (Å²) in [6.07, 6.45) is 2.94. The van der Waals surface area contributed by atoms with Crippen molar-refractivity contribution in [3.05, 3.63) is 35.9 Å². The highest BCUT2D eigenvalue weighted by Crippen LogP contribution is 2.50. The maximum Gasteiger partial charge on any atom is 0.0903 e. The van der Waals surface area contributed by atoms with Gasteiger partial charge in [0.05, 0.1) is 6.67 Å². The quantitative estimate of drug-likeness (QED) is 0.723. The average Bonchev–Trinajstić information content (AvgIpc) is 2.24. The Morgan fingerprint density at radius 2 is 1.93 bits per heavy atom. The highest BCUT2D eigenvalue weighted by atomic mass is 79.9. The number of hydrogen-bond acceptors (Lipinski definition) is 0. The van der Waals surface area contributed by atoms with E-state index in [-0.39, 0.29) is 12.1 Å². The molecule has 0 heterocycles. The number of benzene rings is 1. The molecule has 1 aliphatic carbocycles. The second-order valence-electron chi connectivity index (χ2n) is 4.51. The Bertz CT molecular complexity index is 304. The smallest absolute Gasteiger partial charge is 0.0903 e. The average molecular weight is 271 g/mol. The molecule has 0 aromatic heterocycles. The van der Waals surface area contributed by atoms with Crippen LogP contribution in [-0.4, -0.2) is 12.0 Å². The third kappa shape index (κ3) is 2.10. The van der Waals surface area contributed by atoms with Crippen molar-refractivity contribution >= 4 is 15.9 Å². The first kappa shape index (κ1) is 11.1. The van der Waals surface area contributed by atoms with E-state index in [1.165, 1.54) is 5.56 Å². The van der Waals surface area contributed by atoms with Gasteiger partial charge in [0.1, 0.15) is 0 Å². The summed E-state index contributed by atoms with van der Waals surface area (Å²) < 4.78 is 12.6. The van der Waals surface area contributed by atoms with Crippen molar-refractivity contribution in [2.45, 2.75) is 24.7 Å². The molecule has 1 fully saturated rings. The Labute approximate surface area is 99.0 Å². The van der Waals surface area contributed by atoms with Gasteiger partial charge in [0.15, 0.2) is 0 Å². The van der Waals surface area contributed by atoms with Gasteiger partial charge in [-0.3, -0.25) is 4.39 Å². The van der Waals surface area contributed by atoms with E-state index < -0.39 is 0 Å². The highest BCUT2D eigenvalue weighted by Gasteiger charge is 2.44. The summed E-state index contributed by atoms with van der Waals surface area (Å²) in [5, 5.41) is 1.05. The number of halogens is 2. The Hall–Kier alpha value is -0.370. The summed E-state index contributed by atoms with van der Waals surface area (Å²) in [7, 11) is 0. The molecule has 0 nitrogen and oxygen atoms in total. The molecule has 0 bridgehead atoms. The molecule has 1 aromatic rings. The molecule has 0 N–H and O–H groups in total. The molecule has 2 heteroatoms. The highest BCUT2D eigenvalue weighted by molar-refractivity contribution is 9.09. The maximum atomic E-state index is 12.6. The van der Waals surface area contributed by atoms with E-state index in [2.05, 4.69) is 40.2 Å². The van der Waals surface area contributed by atoms with Crippen molar-refractivity contribution < 1.29 is 4.39 Å². The van der Waals surface area contributed by atoms with Gasteiger partial charge in [0.25, 0.3) is 0 Å². The van der Waals surface area contributed by atoms with Crippen LogP contribution in [0, 0.1) is 5.92 Å². The second-order valence-corrected chi connectivity index (χ2v) is 5.16. The van der Waals surface area contributed by atoms with Crippen LogP contribution in [0.1, 0.15) is 24.8 Å². The first-order valence-electron chi connectivity index (χ1n) is 5.48. The van der Waals surface area contributed by atoms with Crippen molar-refractivity contribution in [1.82, 2.24) is 0 Å². The first-order chi connectivity index (χ1) is 7.30. The van der Waals surface area contributed by atoms with Gasteiger partial charge in [-0.2, -0.15) is 0 Å². The molecule has 0 aliphatic heterocycles. The van der Waals surface area contributed by atoms with Crippen molar-refractivity contribution in [2.24, 2.45) is 5.92 Å². The Balaban J connectivity index is 2.15. The molecule has 15 heavy (non-hydrogen) atoms. The van der Waals surface area contributed by atoms with Crippen molar-refractivity contribution in [3.63, 3.8) is 0 Å². The third-order valence-corrected chi connectivity index (χ3v) is 4.45. The molecule has 0 radical (unpaired) electrons. The minimum atomic E-state index is -0.204. The number of rotatable bonds is 4. The molecule has 0 amide bonds. The Kier molecular flexibility index (Phi) is 3.45. The fraction of sp³-hybridized carbons (Fsp3) is 0.538. The fourth-order valence-corrected chi connectivity index (χ4v) is 3.17. The zero-order valence-electron chi connectivity index (χ0n) is 8.76. The molecule has 82 valence electrons. The third-order valence-electron chi connectivity index (χ3n) is 3.54. The largest absolute Gasteiger partial charge is 0.251 e. The SMILES string of the molecule is FCCC1(c2ccccc2)CC(CBr)C1. The van der Waals surface area contributed by atoms with Crippen LogP contribution in [0.4, 0.5) is 4.39 Å². The summed E-state index contributed by atoms with van der Waals surface area (Å²) in [6.45, 7) is -0.204. The molecule has 1 aromatic carbocycles. The lowest BCUT2D eigenvalue weighted by molar-refractivity contribution is 0.137. The predicted molar refractivity (Wildman–Crippen MR) is 65.2 cm³/mol. The van der Waals surface area contributed by atoms with Crippen LogP contribution >= 0.6 is 15.9 Å². The van der Waals surface area contributed by atoms with E-state index in [0.29, 0.717) is 6.42 Å². The van der Waals surface area contributed by atoms with Crippen LogP contribution in [0.15, 0.2) is 30.3 Å². The normalized spacial score (nSPS) is 29.9. The standard InChI is InChI=1S/C13H16BrF/c14-10-11-8-13(9-11,6-7-15)12-4-2-1-3-5-12/h1-5,11H,6-10H2. The van der Waals surface area contributed by atoms with Crippen LogP contribution in [0.25, 0.3) is 0 Å². The van der Waals surface area contributed by atoms with Crippen LogP contribution < -0.4 is 0 Å². The summed E-state index contributed by atoms with van der Waals surface area (Å²) >= 11 is 3.51. The molecule has 0 saturated heterocycles. The lowest BCUT2D eigenvalue weighted by Crippen LogP contribution is -2.42. The van der Waals surface area contributed by atoms with E-state index in [1.807, 2.05) is 6.07 Å². The first-order valence-corrected chi connectivity index (χ1v) is 6.60. The van der Waals surface area contributed by atoms with Gasteiger partial charge in [0, 0.05) is 5.33 Å². The van der Waals surface area contributed by atoms with Crippen molar-refractivity contribution in [2.75, 3.05) is 12.0 Å². The summed E-state index contributed by atoms with van der Waals surface area (Å²) in [5.74, 6) is 0.733. The molecular formula is C13H16BrF. The summed E-state index contributed by atoms with van der Waals surface area (Å²) in [4.78, 5) is 0. The van der Waals surface area contributed by atoms with Gasteiger partial charge < -0.3 is 0 Å². The van der Waals surface area contributed by atoms with Crippen molar-refractivity contribution in [1.29, 1.82) is 0 Å². The van der Waals surface area contributed by atoms with Crippen molar-refractivity contribution in [3.8, 4) is 0 Å². The predicted octanol–water partition coefficient (Wildman–Crippen LogP) is 4.09. The van der Waals surface area contributed by atoms with Gasteiger partial charge in [-0.25, -0.2) is 0 Å². The van der Waals surface area contributed by atoms with E-state index in [1.54, 1.807) is 0 Å². The van der Waals surface area contributed by atoms with E-state index in [4.69, 9.17) is 0 Å². The van der Waals surface area contributed by atoms with Crippen LogP contribution in [-0.2, 0) is 5.41 Å². The second kappa shape index (κ2) is 4.65. The zero-order valence-corrected chi connectivity index (χ0v) is 10.3. The molecule has 0 unspecified atom stereocenters. The van der Waals surface area contributed by atoms with Gasteiger partial charge in [0.2, 0.25) is 0 Å². The molecule has 1 aliphatic rings. The Morgan fingerprint density at radius 1 is 1.27 bits per heavy atom. The fourth-order valence-electron chi connectivity index (χ4n) is 2.71. The van der Waals surface area contributed by atoms with Crippen LogP contribution in [0.5, 0.6) is 0 Å². The van der Waals surface area contributed by atoms with Gasteiger partial charge in [-0.1, -0.05) is 46.3 Å². The molecule has 0 atom stereocenters. The lowest BCUT2D eigenvalue weighted by Gasteiger charge is -2.47. The topological polar surface area (TPSA) is 0 Å². The zero-order chi connectivity index (χ0) is 10.7. The summed E-state index contributed by atoms with van der Waals surface area (Å²) in [5.41, 5.74) is 1.45. The number of hydrogen-bond donors (Lipinski definition) is 0. The van der Waals surface area contributed by atoms with Crippen LogP contribution in [0.2, 0.25) is 0 Å². The Morgan fingerprint density at radius 3 is 2.47 bits per heavy atom. The van der Waals surface area contributed by atoms with Crippen LogP contribution in [0.3, 0.4) is 0 Å². The molecule has 2 rings (SSSR count). The van der Waals surface area contributed by atoms with Gasteiger partial charge >= 0.3 is 0 Å². The maximum absolute atomic E-state index is 12.6. The number of alkyl halides is 2.